The zero-order valence-electron chi connectivity index (χ0n) is 12.0. The summed E-state index contributed by atoms with van der Waals surface area (Å²) in [4.78, 5) is 2.51. The summed E-state index contributed by atoms with van der Waals surface area (Å²) >= 11 is 0. The van der Waals surface area contributed by atoms with E-state index in [1.807, 2.05) is 12.1 Å². The quantitative estimate of drug-likeness (QED) is 0.887. The Kier molecular flexibility index (Phi) is 3.44. The van der Waals surface area contributed by atoms with E-state index in [1.165, 1.54) is 12.8 Å². The molecule has 1 aromatic heterocycles. The molecule has 3 nitrogen and oxygen atoms in total. The first-order valence-electron chi connectivity index (χ1n) is 7.51. The molecule has 0 aliphatic heterocycles. The molecule has 3 heteroatoms. The standard InChI is InChI=1S/C16H25NO2/c1-16(2)8-7-12(15(16)18)10-17(13-5-6-13)11-14-4-3-9-19-14/h3-4,9,12-13,15,18H,5-8,10-11H2,1-2H3. The van der Waals surface area contributed by atoms with Gasteiger partial charge in [-0.05, 0) is 49.1 Å². The van der Waals surface area contributed by atoms with Gasteiger partial charge in [0.25, 0.3) is 0 Å². The molecule has 19 heavy (non-hydrogen) atoms. The van der Waals surface area contributed by atoms with E-state index >= 15 is 0 Å². The normalized spacial score (nSPS) is 30.1. The predicted molar refractivity (Wildman–Crippen MR) is 74.7 cm³/mol. The minimum absolute atomic E-state index is 0.0879. The zero-order chi connectivity index (χ0) is 13.5. The summed E-state index contributed by atoms with van der Waals surface area (Å²) in [6, 6.07) is 4.71. The first-order valence-corrected chi connectivity index (χ1v) is 7.51. The Bertz CT molecular complexity index is 408. The minimum Gasteiger partial charge on any atom is -0.468 e. The van der Waals surface area contributed by atoms with Gasteiger partial charge in [0.1, 0.15) is 5.76 Å². The fraction of sp³-hybridized carbons (Fsp3) is 0.750. The summed E-state index contributed by atoms with van der Waals surface area (Å²) in [7, 11) is 0. The van der Waals surface area contributed by atoms with E-state index in [1.54, 1.807) is 6.26 Å². The zero-order valence-corrected chi connectivity index (χ0v) is 12.0. The number of furan rings is 1. The maximum Gasteiger partial charge on any atom is 0.117 e. The summed E-state index contributed by atoms with van der Waals surface area (Å²) < 4.78 is 5.47. The third-order valence-corrected chi connectivity index (χ3v) is 4.88. The van der Waals surface area contributed by atoms with Gasteiger partial charge < -0.3 is 9.52 Å². The van der Waals surface area contributed by atoms with Crippen LogP contribution in [0.1, 0.15) is 45.3 Å². The molecular formula is C16H25NO2. The molecule has 0 aromatic carbocycles. The fourth-order valence-electron chi connectivity index (χ4n) is 3.38. The minimum atomic E-state index is -0.162. The van der Waals surface area contributed by atoms with Gasteiger partial charge in [0.15, 0.2) is 0 Å². The van der Waals surface area contributed by atoms with Crippen LogP contribution in [-0.4, -0.2) is 28.7 Å². The Morgan fingerprint density at radius 3 is 2.68 bits per heavy atom. The lowest BCUT2D eigenvalue weighted by atomic mass is 9.87. The van der Waals surface area contributed by atoms with Gasteiger partial charge in [-0.25, -0.2) is 0 Å². The highest BCUT2D eigenvalue weighted by Crippen LogP contribution is 2.42. The molecule has 1 N–H and O–H groups in total. The molecular weight excluding hydrogens is 238 g/mol. The van der Waals surface area contributed by atoms with E-state index < -0.39 is 0 Å². The molecule has 2 fully saturated rings. The molecule has 0 amide bonds. The number of nitrogens with zero attached hydrogens (tertiary/aromatic N) is 1. The second-order valence-electron chi connectivity index (χ2n) is 6.97. The largest absolute Gasteiger partial charge is 0.468 e. The molecule has 2 saturated carbocycles. The Morgan fingerprint density at radius 1 is 1.37 bits per heavy atom. The average molecular weight is 263 g/mol. The lowest BCUT2D eigenvalue weighted by molar-refractivity contribution is 0.0295. The van der Waals surface area contributed by atoms with Crippen molar-refractivity contribution >= 4 is 0 Å². The molecule has 1 heterocycles. The van der Waals surface area contributed by atoms with Crippen molar-refractivity contribution in [1.29, 1.82) is 0 Å². The van der Waals surface area contributed by atoms with Gasteiger partial charge in [-0.2, -0.15) is 0 Å². The molecule has 3 rings (SSSR count). The molecule has 2 unspecified atom stereocenters. The highest BCUT2D eigenvalue weighted by atomic mass is 16.3. The Hall–Kier alpha value is -0.800. The number of aliphatic hydroxyl groups is 1. The van der Waals surface area contributed by atoms with Crippen molar-refractivity contribution in [3.8, 4) is 0 Å². The third-order valence-electron chi connectivity index (χ3n) is 4.88. The lowest BCUT2D eigenvalue weighted by Gasteiger charge is -2.30. The second kappa shape index (κ2) is 4.95. The van der Waals surface area contributed by atoms with E-state index in [0.717, 1.165) is 31.7 Å². The monoisotopic (exact) mass is 263 g/mol. The van der Waals surface area contributed by atoms with Gasteiger partial charge in [-0.3, -0.25) is 4.90 Å². The van der Waals surface area contributed by atoms with Gasteiger partial charge in [0.05, 0.1) is 18.9 Å². The maximum atomic E-state index is 10.4. The van der Waals surface area contributed by atoms with Crippen LogP contribution < -0.4 is 0 Å². The molecule has 2 atom stereocenters. The molecule has 0 saturated heterocycles. The molecule has 0 spiro atoms. The fourth-order valence-corrected chi connectivity index (χ4v) is 3.38. The van der Waals surface area contributed by atoms with Crippen LogP contribution in [-0.2, 0) is 6.54 Å². The van der Waals surface area contributed by atoms with E-state index in [2.05, 4.69) is 18.7 Å². The van der Waals surface area contributed by atoms with Gasteiger partial charge in [-0.1, -0.05) is 13.8 Å². The van der Waals surface area contributed by atoms with Gasteiger partial charge in [0, 0.05) is 12.6 Å². The molecule has 2 aliphatic rings. The number of hydrogen-bond acceptors (Lipinski definition) is 3. The van der Waals surface area contributed by atoms with Crippen LogP contribution in [0.3, 0.4) is 0 Å². The summed E-state index contributed by atoms with van der Waals surface area (Å²) in [6.45, 7) is 6.27. The van der Waals surface area contributed by atoms with Crippen molar-refractivity contribution in [2.45, 2.75) is 58.2 Å². The Labute approximate surface area is 115 Å². The average Bonchev–Trinajstić information content (AvgIpc) is 3.04. The number of aliphatic hydroxyl groups excluding tert-OH is 1. The SMILES string of the molecule is CC1(C)CCC(CN(Cc2ccco2)C2CC2)C1O. The van der Waals surface area contributed by atoms with Crippen molar-refractivity contribution < 1.29 is 9.52 Å². The van der Waals surface area contributed by atoms with Crippen molar-refractivity contribution in [2.24, 2.45) is 11.3 Å². The van der Waals surface area contributed by atoms with Gasteiger partial charge >= 0.3 is 0 Å². The van der Waals surface area contributed by atoms with Crippen LogP contribution >= 0.6 is 0 Å². The summed E-state index contributed by atoms with van der Waals surface area (Å²) in [5.74, 6) is 1.46. The maximum absolute atomic E-state index is 10.4. The van der Waals surface area contributed by atoms with Crippen molar-refractivity contribution in [2.75, 3.05) is 6.54 Å². The second-order valence-corrected chi connectivity index (χ2v) is 6.97. The highest BCUT2D eigenvalue weighted by Gasteiger charge is 2.42. The van der Waals surface area contributed by atoms with E-state index in [9.17, 15) is 5.11 Å². The number of hydrogen-bond donors (Lipinski definition) is 1. The Morgan fingerprint density at radius 2 is 2.16 bits per heavy atom. The molecule has 2 aliphatic carbocycles. The van der Waals surface area contributed by atoms with Crippen molar-refractivity contribution in [1.82, 2.24) is 4.90 Å². The highest BCUT2D eigenvalue weighted by molar-refractivity contribution is 5.01. The Balaban J connectivity index is 1.62. The summed E-state index contributed by atoms with van der Waals surface area (Å²) in [5, 5.41) is 10.4. The van der Waals surface area contributed by atoms with Gasteiger partial charge in [-0.15, -0.1) is 0 Å². The molecule has 0 radical (unpaired) electrons. The first-order chi connectivity index (χ1) is 9.06. The van der Waals surface area contributed by atoms with E-state index in [-0.39, 0.29) is 11.5 Å². The van der Waals surface area contributed by atoms with Gasteiger partial charge in [0.2, 0.25) is 0 Å². The van der Waals surface area contributed by atoms with E-state index in [4.69, 9.17) is 4.42 Å². The molecule has 0 bridgehead atoms. The lowest BCUT2D eigenvalue weighted by Crippen LogP contribution is -2.37. The van der Waals surface area contributed by atoms with Crippen molar-refractivity contribution in [3.05, 3.63) is 24.2 Å². The molecule has 106 valence electrons. The van der Waals surface area contributed by atoms with Crippen molar-refractivity contribution in [3.63, 3.8) is 0 Å². The number of rotatable bonds is 5. The van der Waals surface area contributed by atoms with Crippen LogP contribution in [0.4, 0.5) is 0 Å². The smallest absolute Gasteiger partial charge is 0.117 e. The van der Waals surface area contributed by atoms with Crippen LogP contribution in [0.25, 0.3) is 0 Å². The molecule has 1 aromatic rings. The van der Waals surface area contributed by atoms with Crippen LogP contribution in [0.15, 0.2) is 22.8 Å². The van der Waals surface area contributed by atoms with E-state index in [0.29, 0.717) is 12.0 Å². The summed E-state index contributed by atoms with van der Waals surface area (Å²) in [5.41, 5.74) is 0.0879. The third kappa shape index (κ3) is 2.87. The van der Waals surface area contributed by atoms with Crippen LogP contribution in [0, 0.1) is 11.3 Å². The first kappa shape index (κ1) is 13.2. The topological polar surface area (TPSA) is 36.6 Å². The predicted octanol–water partition coefficient (Wildman–Crippen LogP) is 3.04. The van der Waals surface area contributed by atoms with Crippen LogP contribution in [0.5, 0.6) is 0 Å². The summed E-state index contributed by atoms with van der Waals surface area (Å²) in [6.07, 6.45) is 6.46. The van der Waals surface area contributed by atoms with Crippen LogP contribution in [0.2, 0.25) is 0 Å².